The molecule has 0 spiro atoms. The maximum absolute atomic E-state index is 11.1. The van der Waals surface area contributed by atoms with Gasteiger partial charge in [0.1, 0.15) is 0 Å². The minimum absolute atomic E-state index is 0.0813. The van der Waals surface area contributed by atoms with Crippen LogP contribution in [0.25, 0.3) is 0 Å². The molecular formula is C14H22O4. The van der Waals surface area contributed by atoms with Crippen molar-refractivity contribution in [3.63, 3.8) is 0 Å². The Balaban J connectivity index is 2.47. The van der Waals surface area contributed by atoms with Gasteiger partial charge in [0.15, 0.2) is 5.78 Å². The van der Waals surface area contributed by atoms with Gasteiger partial charge in [-0.1, -0.05) is 26.8 Å². The van der Waals surface area contributed by atoms with E-state index in [-0.39, 0.29) is 5.78 Å². The number of rotatable bonds is 2. The predicted octanol–water partition coefficient (Wildman–Crippen LogP) is 0.650. The Labute approximate surface area is 107 Å². The van der Waals surface area contributed by atoms with Crippen molar-refractivity contribution < 1.29 is 20.1 Å². The van der Waals surface area contributed by atoms with E-state index in [1.165, 1.54) is 13.0 Å². The van der Waals surface area contributed by atoms with Gasteiger partial charge in [-0.15, -0.1) is 0 Å². The standard InChI is InChI=1S/C14H22O4/c1-8(15)5-6-14-11(18)13(14,4)7-9(16)10(17)12(14,2)3/h5-6,9-11,16-18H,7H2,1-4H3/b6-5+. The summed E-state index contributed by atoms with van der Waals surface area (Å²) < 4.78 is 0. The van der Waals surface area contributed by atoms with Crippen LogP contribution in [0.3, 0.4) is 0 Å². The van der Waals surface area contributed by atoms with E-state index >= 15 is 0 Å². The number of aliphatic hydroxyl groups excluding tert-OH is 3. The fourth-order valence-electron chi connectivity index (χ4n) is 4.07. The first-order chi connectivity index (χ1) is 8.11. The number of carbonyl (C=O) groups excluding carboxylic acids is 1. The smallest absolute Gasteiger partial charge is 0.152 e. The normalized spacial score (nSPS) is 50.1. The number of hydrogen-bond donors (Lipinski definition) is 3. The zero-order valence-electron chi connectivity index (χ0n) is 11.3. The highest BCUT2D eigenvalue weighted by Gasteiger charge is 2.81. The lowest BCUT2D eigenvalue weighted by atomic mass is 9.61. The zero-order chi connectivity index (χ0) is 13.9. The second-order valence-electron chi connectivity index (χ2n) is 6.57. The maximum Gasteiger partial charge on any atom is 0.152 e. The summed E-state index contributed by atoms with van der Waals surface area (Å²) in [6.07, 6.45) is 1.17. The molecule has 18 heavy (non-hydrogen) atoms. The molecule has 0 amide bonds. The predicted molar refractivity (Wildman–Crippen MR) is 66.8 cm³/mol. The average Bonchev–Trinajstić information content (AvgIpc) is 2.72. The molecule has 0 saturated heterocycles. The number of carbonyl (C=O) groups is 1. The molecule has 4 nitrogen and oxygen atoms in total. The summed E-state index contributed by atoms with van der Waals surface area (Å²) in [5.41, 5.74) is -1.78. The molecule has 2 saturated carbocycles. The van der Waals surface area contributed by atoms with Crippen molar-refractivity contribution in [3.8, 4) is 0 Å². The second-order valence-corrected chi connectivity index (χ2v) is 6.57. The van der Waals surface area contributed by atoms with Gasteiger partial charge in [-0.05, 0) is 19.4 Å². The molecule has 0 aromatic carbocycles. The fourth-order valence-corrected chi connectivity index (χ4v) is 4.07. The molecule has 5 atom stereocenters. The van der Waals surface area contributed by atoms with Crippen LogP contribution in [-0.2, 0) is 4.79 Å². The van der Waals surface area contributed by atoms with Gasteiger partial charge in [0, 0.05) is 16.2 Å². The van der Waals surface area contributed by atoms with E-state index in [0.29, 0.717) is 6.42 Å². The van der Waals surface area contributed by atoms with Crippen LogP contribution in [0.1, 0.15) is 34.1 Å². The van der Waals surface area contributed by atoms with Crippen LogP contribution in [0.5, 0.6) is 0 Å². The highest BCUT2D eigenvalue weighted by molar-refractivity contribution is 5.87. The average molecular weight is 254 g/mol. The molecule has 102 valence electrons. The van der Waals surface area contributed by atoms with Gasteiger partial charge in [0.25, 0.3) is 0 Å². The Morgan fingerprint density at radius 1 is 1.22 bits per heavy atom. The summed E-state index contributed by atoms with van der Waals surface area (Å²) in [7, 11) is 0. The van der Waals surface area contributed by atoms with Gasteiger partial charge in [0.2, 0.25) is 0 Å². The fraction of sp³-hybridized carbons (Fsp3) is 0.786. The van der Waals surface area contributed by atoms with E-state index in [4.69, 9.17) is 0 Å². The van der Waals surface area contributed by atoms with Gasteiger partial charge in [0.05, 0.1) is 18.3 Å². The quantitative estimate of drug-likeness (QED) is 0.632. The Bertz CT molecular complexity index is 414. The lowest BCUT2D eigenvalue weighted by Crippen LogP contribution is -2.51. The molecule has 0 heterocycles. The topological polar surface area (TPSA) is 77.8 Å². The van der Waals surface area contributed by atoms with E-state index in [9.17, 15) is 20.1 Å². The Kier molecular flexibility index (Phi) is 2.78. The largest absolute Gasteiger partial charge is 0.392 e. The molecule has 2 aliphatic rings. The number of aliphatic hydroxyl groups is 3. The third-order valence-electron chi connectivity index (χ3n) is 5.28. The minimum Gasteiger partial charge on any atom is -0.392 e. The van der Waals surface area contributed by atoms with E-state index < -0.39 is 34.6 Å². The summed E-state index contributed by atoms with van der Waals surface area (Å²) in [5, 5.41) is 30.5. The van der Waals surface area contributed by atoms with Crippen molar-refractivity contribution in [2.24, 2.45) is 16.2 Å². The number of hydrogen-bond acceptors (Lipinski definition) is 4. The van der Waals surface area contributed by atoms with E-state index in [1.54, 1.807) is 6.08 Å². The number of ketones is 1. The van der Waals surface area contributed by atoms with Crippen LogP contribution >= 0.6 is 0 Å². The Hall–Kier alpha value is -0.710. The van der Waals surface area contributed by atoms with Gasteiger partial charge < -0.3 is 15.3 Å². The molecule has 5 unspecified atom stereocenters. The Morgan fingerprint density at radius 2 is 1.78 bits per heavy atom. The SMILES string of the molecule is CC(=O)/C=C/C12C(O)C1(C)CC(O)C(O)C2(C)C. The molecule has 2 aliphatic carbocycles. The van der Waals surface area contributed by atoms with Gasteiger partial charge >= 0.3 is 0 Å². The zero-order valence-corrected chi connectivity index (χ0v) is 11.3. The monoisotopic (exact) mass is 254 g/mol. The van der Waals surface area contributed by atoms with Crippen molar-refractivity contribution in [2.45, 2.75) is 52.4 Å². The molecule has 0 aromatic heterocycles. The van der Waals surface area contributed by atoms with Crippen LogP contribution in [-0.4, -0.2) is 39.4 Å². The summed E-state index contributed by atoms with van der Waals surface area (Å²) in [4.78, 5) is 11.1. The van der Waals surface area contributed by atoms with Crippen LogP contribution < -0.4 is 0 Å². The van der Waals surface area contributed by atoms with Crippen molar-refractivity contribution >= 4 is 5.78 Å². The molecule has 0 aliphatic heterocycles. The summed E-state index contributed by atoms with van der Waals surface area (Å²) in [6.45, 7) is 7.03. The van der Waals surface area contributed by atoms with Crippen molar-refractivity contribution in [1.82, 2.24) is 0 Å². The molecule has 2 fully saturated rings. The molecule has 2 rings (SSSR count). The molecule has 0 bridgehead atoms. The first-order valence-corrected chi connectivity index (χ1v) is 6.35. The first kappa shape index (κ1) is 13.7. The molecule has 0 radical (unpaired) electrons. The summed E-state index contributed by atoms with van der Waals surface area (Å²) >= 11 is 0. The van der Waals surface area contributed by atoms with Crippen molar-refractivity contribution in [3.05, 3.63) is 12.2 Å². The number of allylic oxidation sites excluding steroid dienone is 1. The summed E-state index contributed by atoms with van der Waals surface area (Å²) in [6, 6.07) is 0. The Morgan fingerprint density at radius 3 is 2.28 bits per heavy atom. The number of fused-ring (bicyclic) bond motifs is 1. The van der Waals surface area contributed by atoms with Crippen LogP contribution in [0.2, 0.25) is 0 Å². The molecule has 0 aromatic rings. The van der Waals surface area contributed by atoms with E-state index in [2.05, 4.69) is 0 Å². The lowest BCUT2D eigenvalue weighted by Gasteiger charge is -2.46. The van der Waals surface area contributed by atoms with Gasteiger partial charge in [-0.2, -0.15) is 0 Å². The van der Waals surface area contributed by atoms with Crippen LogP contribution in [0.15, 0.2) is 12.2 Å². The van der Waals surface area contributed by atoms with Crippen molar-refractivity contribution in [2.75, 3.05) is 0 Å². The maximum atomic E-state index is 11.1. The molecule has 3 N–H and O–H groups in total. The van der Waals surface area contributed by atoms with Crippen LogP contribution in [0.4, 0.5) is 0 Å². The minimum atomic E-state index is -0.903. The first-order valence-electron chi connectivity index (χ1n) is 6.35. The van der Waals surface area contributed by atoms with E-state index in [0.717, 1.165) is 0 Å². The molecular weight excluding hydrogens is 232 g/mol. The lowest BCUT2D eigenvalue weighted by molar-refractivity contribution is -0.118. The third-order valence-corrected chi connectivity index (χ3v) is 5.28. The van der Waals surface area contributed by atoms with E-state index in [1.807, 2.05) is 20.8 Å². The van der Waals surface area contributed by atoms with Gasteiger partial charge in [-0.25, -0.2) is 0 Å². The van der Waals surface area contributed by atoms with Gasteiger partial charge in [-0.3, -0.25) is 4.79 Å². The summed E-state index contributed by atoms with van der Waals surface area (Å²) in [5.74, 6) is -0.0813. The molecule has 4 heteroatoms. The highest BCUT2D eigenvalue weighted by Crippen LogP contribution is 2.77. The third kappa shape index (κ3) is 1.34. The highest BCUT2D eigenvalue weighted by atomic mass is 16.3. The van der Waals surface area contributed by atoms with Crippen LogP contribution in [0, 0.1) is 16.2 Å². The van der Waals surface area contributed by atoms with Crippen molar-refractivity contribution in [1.29, 1.82) is 0 Å². The second kappa shape index (κ2) is 3.65.